The zero-order chi connectivity index (χ0) is 26.7. The third kappa shape index (κ3) is 7.04. The number of rotatable bonds is 11. The van der Waals surface area contributed by atoms with Crippen LogP contribution in [0.15, 0.2) is 97.1 Å². The summed E-state index contributed by atoms with van der Waals surface area (Å²) in [7, 11) is 0. The van der Waals surface area contributed by atoms with E-state index in [0.717, 1.165) is 26.2 Å². The Balaban J connectivity index is 1.36. The Kier molecular flexibility index (Phi) is 9.59. The minimum Gasteiger partial charge on any atom is -0.372 e. The molecule has 0 amide bonds. The van der Waals surface area contributed by atoms with Crippen molar-refractivity contribution in [2.75, 3.05) is 36.0 Å². The molecule has 0 atom stereocenters. The molecule has 0 unspecified atom stereocenters. The summed E-state index contributed by atoms with van der Waals surface area (Å²) in [5, 5.41) is 0. The van der Waals surface area contributed by atoms with Crippen LogP contribution in [0.5, 0.6) is 0 Å². The van der Waals surface area contributed by atoms with E-state index < -0.39 is 0 Å². The lowest BCUT2D eigenvalue weighted by atomic mass is 10.0. The number of hydrogen-bond donors (Lipinski definition) is 0. The van der Waals surface area contributed by atoms with Gasteiger partial charge in [0.15, 0.2) is 0 Å². The molecule has 0 saturated carbocycles. The fourth-order valence-corrected chi connectivity index (χ4v) is 4.73. The third-order valence-electron chi connectivity index (χ3n) is 7.13. The highest BCUT2D eigenvalue weighted by Crippen LogP contribution is 2.23. The molecule has 0 spiro atoms. The summed E-state index contributed by atoms with van der Waals surface area (Å²) in [6.45, 7) is 12.9. The molecule has 2 nitrogen and oxygen atoms in total. The molecule has 38 heavy (non-hydrogen) atoms. The van der Waals surface area contributed by atoms with E-state index >= 15 is 0 Å². The molecule has 4 aromatic rings. The molecule has 0 aliphatic heterocycles. The Bertz CT molecular complexity index is 1200. The average molecular weight is 501 g/mol. The molecule has 0 radical (unpaired) electrons. The van der Waals surface area contributed by atoms with Crippen molar-refractivity contribution in [3.05, 3.63) is 119 Å². The fraction of sp³-hybridized carbons (Fsp3) is 0.222. The monoisotopic (exact) mass is 500 g/mol. The predicted molar refractivity (Wildman–Crippen MR) is 170 cm³/mol. The normalized spacial score (nSPS) is 11.4. The second kappa shape index (κ2) is 13.5. The lowest BCUT2D eigenvalue weighted by molar-refractivity contribution is 0.866. The molecular weight excluding hydrogens is 460 g/mol. The van der Waals surface area contributed by atoms with Crippen molar-refractivity contribution in [1.82, 2.24) is 0 Å². The molecule has 194 valence electrons. The molecule has 0 aliphatic rings. The minimum atomic E-state index is 1.03. The first kappa shape index (κ1) is 27.0. The summed E-state index contributed by atoms with van der Waals surface area (Å²) in [6, 6.07) is 35.1. The van der Waals surface area contributed by atoms with Gasteiger partial charge in [-0.3, -0.25) is 0 Å². The van der Waals surface area contributed by atoms with E-state index in [4.69, 9.17) is 0 Å². The molecule has 0 N–H and O–H groups in total. The van der Waals surface area contributed by atoms with Gasteiger partial charge >= 0.3 is 0 Å². The second-order valence-corrected chi connectivity index (χ2v) is 9.44. The van der Waals surface area contributed by atoms with Gasteiger partial charge in [-0.2, -0.15) is 0 Å². The van der Waals surface area contributed by atoms with Gasteiger partial charge in [0.1, 0.15) is 0 Å². The van der Waals surface area contributed by atoms with E-state index in [0.29, 0.717) is 0 Å². The first-order valence-corrected chi connectivity index (χ1v) is 13.9. The van der Waals surface area contributed by atoms with Crippen LogP contribution < -0.4 is 9.80 Å². The summed E-state index contributed by atoms with van der Waals surface area (Å²) in [5.41, 5.74) is 9.86. The van der Waals surface area contributed by atoms with Gasteiger partial charge in [0.25, 0.3) is 0 Å². The van der Waals surface area contributed by atoms with Crippen LogP contribution in [0, 0.1) is 0 Å². The standard InChI is InChI=1S/C36H40N2/c1-5-37(6-2)35-25-17-31(18-26-35)11-9-29-13-21-33(22-14-29)34-23-15-30(16-24-34)10-12-32-19-27-36(28-20-32)38(7-3)8-4/h9-28H,5-8H2,1-4H3/b11-9+,12-10+. The zero-order valence-corrected chi connectivity index (χ0v) is 23.3. The van der Waals surface area contributed by atoms with Crippen LogP contribution in [-0.4, -0.2) is 26.2 Å². The largest absolute Gasteiger partial charge is 0.372 e. The summed E-state index contributed by atoms with van der Waals surface area (Å²) in [6.07, 6.45) is 8.72. The van der Waals surface area contributed by atoms with E-state index in [1.54, 1.807) is 0 Å². The van der Waals surface area contributed by atoms with Gasteiger partial charge in [-0.1, -0.05) is 97.1 Å². The quantitative estimate of drug-likeness (QED) is 0.189. The molecule has 0 aliphatic carbocycles. The summed E-state index contributed by atoms with van der Waals surface area (Å²) < 4.78 is 0. The van der Waals surface area contributed by atoms with Gasteiger partial charge in [-0.05, 0) is 85.3 Å². The van der Waals surface area contributed by atoms with Gasteiger partial charge in [-0.15, -0.1) is 0 Å². The Morgan fingerprint density at radius 2 is 0.605 bits per heavy atom. The molecule has 0 fully saturated rings. The average Bonchev–Trinajstić information content (AvgIpc) is 2.98. The molecule has 0 aromatic heterocycles. The number of benzene rings is 4. The van der Waals surface area contributed by atoms with Gasteiger partial charge in [0.2, 0.25) is 0 Å². The van der Waals surface area contributed by atoms with Crippen LogP contribution in [0.1, 0.15) is 49.9 Å². The van der Waals surface area contributed by atoms with Crippen molar-refractivity contribution in [1.29, 1.82) is 0 Å². The molecular formula is C36H40N2. The summed E-state index contributed by atoms with van der Waals surface area (Å²) in [4.78, 5) is 4.72. The second-order valence-electron chi connectivity index (χ2n) is 9.44. The third-order valence-corrected chi connectivity index (χ3v) is 7.13. The van der Waals surface area contributed by atoms with Gasteiger partial charge in [0, 0.05) is 37.6 Å². The van der Waals surface area contributed by atoms with E-state index in [-0.39, 0.29) is 0 Å². The van der Waals surface area contributed by atoms with Crippen molar-refractivity contribution in [3.63, 3.8) is 0 Å². The maximum absolute atomic E-state index is 2.36. The topological polar surface area (TPSA) is 6.48 Å². The summed E-state index contributed by atoms with van der Waals surface area (Å²) in [5.74, 6) is 0. The van der Waals surface area contributed by atoms with E-state index in [9.17, 15) is 0 Å². The molecule has 4 rings (SSSR count). The smallest absolute Gasteiger partial charge is 0.0366 e. The Hall–Kier alpha value is -4.04. The Morgan fingerprint density at radius 3 is 0.842 bits per heavy atom. The van der Waals surface area contributed by atoms with Gasteiger partial charge in [0.05, 0.1) is 0 Å². The van der Waals surface area contributed by atoms with Crippen molar-refractivity contribution in [2.24, 2.45) is 0 Å². The number of nitrogens with zero attached hydrogens (tertiary/aromatic N) is 2. The highest BCUT2D eigenvalue weighted by molar-refractivity contribution is 5.75. The SMILES string of the molecule is CCN(CC)c1ccc(/C=C/c2ccc(-c3ccc(/C=C/c4ccc(N(CC)CC)cc4)cc3)cc2)cc1. The van der Waals surface area contributed by atoms with Crippen LogP contribution in [0.25, 0.3) is 35.4 Å². The van der Waals surface area contributed by atoms with E-state index in [1.807, 2.05) is 0 Å². The fourth-order valence-electron chi connectivity index (χ4n) is 4.73. The number of anilines is 2. The Morgan fingerprint density at radius 1 is 0.368 bits per heavy atom. The first-order valence-electron chi connectivity index (χ1n) is 13.9. The molecule has 0 heterocycles. The lowest BCUT2D eigenvalue weighted by Gasteiger charge is -2.20. The van der Waals surface area contributed by atoms with Crippen molar-refractivity contribution in [2.45, 2.75) is 27.7 Å². The molecule has 4 aromatic carbocycles. The Labute approximate surface area is 229 Å². The van der Waals surface area contributed by atoms with Gasteiger partial charge < -0.3 is 9.80 Å². The minimum absolute atomic E-state index is 1.03. The molecule has 0 bridgehead atoms. The van der Waals surface area contributed by atoms with E-state index in [2.05, 4.69) is 159 Å². The number of hydrogen-bond acceptors (Lipinski definition) is 2. The van der Waals surface area contributed by atoms with Crippen molar-refractivity contribution in [3.8, 4) is 11.1 Å². The van der Waals surface area contributed by atoms with Crippen molar-refractivity contribution < 1.29 is 0 Å². The predicted octanol–water partition coefficient (Wildman–Crippen LogP) is 9.39. The molecule has 0 saturated heterocycles. The zero-order valence-electron chi connectivity index (χ0n) is 23.3. The van der Waals surface area contributed by atoms with Crippen LogP contribution in [0.3, 0.4) is 0 Å². The van der Waals surface area contributed by atoms with E-state index in [1.165, 1.54) is 44.8 Å². The highest BCUT2D eigenvalue weighted by Gasteiger charge is 2.02. The van der Waals surface area contributed by atoms with Crippen LogP contribution in [0.4, 0.5) is 11.4 Å². The lowest BCUT2D eigenvalue weighted by Crippen LogP contribution is -2.21. The highest BCUT2D eigenvalue weighted by atomic mass is 15.1. The first-order chi connectivity index (χ1) is 18.6. The maximum Gasteiger partial charge on any atom is 0.0366 e. The van der Waals surface area contributed by atoms with Crippen LogP contribution in [0.2, 0.25) is 0 Å². The van der Waals surface area contributed by atoms with Crippen LogP contribution in [-0.2, 0) is 0 Å². The maximum atomic E-state index is 2.36. The summed E-state index contributed by atoms with van der Waals surface area (Å²) >= 11 is 0. The van der Waals surface area contributed by atoms with Crippen LogP contribution >= 0.6 is 0 Å². The van der Waals surface area contributed by atoms with Crippen molar-refractivity contribution >= 4 is 35.7 Å². The molecule has 2 heteroatoms. The van der Waals surface area contributed by atoms with Gasteiger partial charge in [-0.25, -0.2) is 0 Å².